The van der Waals surface area contributed by atoms with Crippen molar-refractivity contribution in [3.05, 3.63) is 23.8 Å². The minimum absolute atomic E-state index is 0. The summed E-state index contributed by atoms with van der Waals surface area (Å²) in [7, 11) is 3.72. The van der Waals surface area contributed by atoms with E-state index < -0.39 is 0 Å². The zero-order valence-corrected chi connectivity index (χ0v) is 26.1. The summed E-state index contributed by atoms with van der Waals surface area (Å²) in [6.45, 7) is 12.0. The molecule has 0 aliphatic carbocycles. The Morgan fingerprint density at radius 2 is 1.60 bits per heavy atom. The molecule has 5 heteroatoms. The van der Waals surface area contributed by atoms with E-state index in [1.807, 2.05) is 37.2 Å². The maximum atomic E-state index is 11.9. The number of nitrogens with zero attached hydrogens (tertiary/aromatic N) is 1. The van der Waals surface area contributed by atoms with Crippen LogP contribution in [-0.4, -0.2) is 37.1 Å². The molecule has 1 heterocycles. The molecule has 0 saturated carbocycles. The second kappa shape index (κ2) is 16.3. The van der Waals surface area contributed by atoms with Crippen molar-refractivity contribution >= 4 is 5.97 Å². The summed E-state index contributed by atoms with van der Waals surface area (Å²) in [5, 5.41) is 0. The molecule has 194 valence electrons. The van der Waals surface area contributed by atoms with Gasteiger partial charge in [0.2, 0.25) is 0 Å². The van der Waals surface area contributed by atoms with Gasteiger partial charge in [0.1, 0.15) is 17.1 Å². The molecule has 0 aromatic heterocycles. The third kappa shape index (κ3) is 13.0. The summed E-state index contributed by atoms with van der Waals surface area (Å²) >= 11 is 0. The molecule has 0 radical (unpaired) electrons. The molecule has 3 unspecified atom stereocenters. The smallest absolute Gasteiger partial charge is 0.487 e. The van der Waals surface area contributed by atoms with Gasteiger partial charge in [0.25, 0.3) is 0 Å². The minimum atomic E-state index is -0.235. The van der Waals surface area contributed by atoms with Gasteiger partial charge < -0.3 is 9.47 Å². The fourth-order valence-electron chi connectivity index (χ4n) is 5.03. The van der Waals surface area contributed by atoms with E-state index in [4.69, 9.17) is 9.47 Å². The summed E-state index contributed by atoms with van der Waals surface area (Å²) in [5.41, 5.74) is 1.05. The van der Waals surface area contributed by atoms with Gasteiger partial charge in [-0.15, -0.1) is 0 Å². The quantitative estimate of drug-likeness (QED) is 0.201. The van der Waals surface area contributed by atoms with Gasteiger partial charge in [-0.05, 0) is 88.2 Å². The van der Waals surface area contributed by atoms with Gasteiger partial charge in [-0.3, -0.25) is 9.69 Å². The molecule has 1 aromatic carbocycles. The van der Waals surface area contributed by atoms with E-state index in [-0.39, 0.29) is 47.7 Å². The summed E-state index contributed by atoms with van der Waals surface area (Å²) < 4.78 is 11.9. The van der Waals surface area contributed by atoms with Gasteiger partial charge in [-0.1, -0.05) is 72.6 Å². The SMILES string of the molecule is CC(C)CCCC(C)CCCC(C)CCCC1(C)CCc2cc(OC(=O)CN(C)C)ccc2O1.[Na+]. The van der Waals surface area contributed by atoms with Crippen molar-refractivity contribution in [2.75, 3.05) is 20.6 Å². The Balaban J connectivity index is 0.00000612. The Kier molecular flexibility index (Phi) is 15.1. The van der Waals surface area contributed by atoms with Gasteiger partial charge in [0, 0.05) is 0 Å². The van der Waals surface area contributed by atoms with Gasteiger partial charge in [-0.25, -0.2) is 0 Å². The number of benzene rings is 1. The first kappa shape index (κ1) is 32.5. The largest absolute Gasteiger partial charge is 1.00 e. The molecule has 1 aliphatic heterocycles. The fraction of sp³-hybridized carbons (Fsp3) is 0.767. The van der Waals surface area contributed by atoms with Crippen LogP contribution in [0.1, 0.15) is 104 Å². The molecule has 35 heavy (non-hydrogen) atoms. The molecule has 3 atom stereocenters. The third-order valence-corrected chi connectivity index (χ3v) is 7.26. The maximum absolute atomic E-state index is 11.9. The maximum Gasteiger partial charge on any atom is 1.00 e. The second-order valence-corrected chi connectivity index (χ2v) is 11.9. The molecule has 0 fully saturated rings. The molecular formula is C30H51NNaO3+. The molecule has 2 rings (SSSR count). The second-order valence-electron chi connectivity index (χ2n) is 11.9. The van der Waals surface area contributed by atoms with Crippen LogP contribution in [0.3, 0.4) is 0 Å². The van der Waals surface area contributed by atoms with Gasteiger partial charge >= 0.3 is 35.5 Å². The number of rotatable bonds is 15. The van der Waals surface area contributed by atoms with Crippen molar-refractivity contribution in [3.8, 4) is 11.5 Å². The molecule has 4 nitrogen and oxygen atoms in total. The fourth-order valence-corrected chi connectivity index (χ4v) is 5.03. The average molecular weight is 497 g/mol. The number of esters is 1. The van der Waals surface area contributed by atoms with E-state index in [0.29, 0.717) is 5.75 Å². The molecule has 1 aliphatic rings. The molecule has 0 amide bonds. The van der Waals surface area contributed by atoms with E-state index >= 15 is 0 Å². The van der Waals surface area contributed by atoms with Crippen LogP contribution in [0.5, 0.6) is 11.5 Å². The molecule has 0 N–H and O–H groups in total. The van der Waals surface area contributed by atoms with E-state index in [9.17, 15) is 4.79 Å². The van der Waals surface area contributed by atoms with Gasteiger partial charge in [-0.2, -0.15) is 0 Å². The number of hydrogen-bond donors (Lipinski definition) is 0. The first-order valence-electron chi connectivity index (χ1n) is 13.7. The predicted molar refractivity (Wildman–Crippen MR) is 143 cm³/mol. The number of ether oxygens (including phenoxy) is 2. The van der Waals surface area contributed by atoms with Crippen molar-refractivity contribution in [3.63, 3.8) is 0 Å². The number of aryl methyl sites for hydroxylation is 1. The number of fused-ring (bicyclic) bond motifs is 1. The topological polar surface area (TPSA) is 38.8 Å². The minimum Gasteiger partial charge on any atom is -0.487 e. The first-order chi connectivity index (χ1) is 16.1. The summed E-state index contributed by atoms with van der Waals surface area (Å²) in [4.78, 5) is 13.7. The number of likely N-dealkylation sites (N-methyl/N-ethyl adjacent to an activating group) is 1. The number of hydrogen-bond acceptors (Lipinski definition) is 4. The van der Waals surface area contributed by atoms with Crippen LogP contribution in [0.25, 0.3) is 0 Å². The van der Waals surface area contributed by atoms with Crippen molar-refractivity contribution in [1.29, 1.82) is 0 Å². The zero-order chi connectivity index (χ0) is 25.1. The van der Waals surface area contributed by atoms with Crippen molar-refractivity contribution in [1.82, 2.24) is 4.90 Å². The van der Waals surface area contributed by atoms with Gasteiger partial charge in [0.05, 0.1) is 6.54 Å². The van der Waals surface area contributed by atoms with Crippen LogP contribution in [0.15, 0.2) is 18.2 Å². The van der Waals surface area contributed by atoms with E-state index in [2.05, 4.69) is 34.6 Å². The van der Waals surface area contributed by atoms with Crippen molar-refractivity contribution < 1.29 is 43.8 Å². The van der Waals surface area contributed by atoms with Crippen LogP contribution in [0.4, 0.5) is 0 Å². The molecular weight excluding hydrogens is 445 g/mol. The Morgan fingerprint density at radius 1 is 1.00 bits per heavy atom. The standard InChI is InChI=1S/C30H51NO3.Na/c1-23(2)11-8-12-24(3)13-9-14-25(4)15-10-19-30(5)20-18-26-21-27(16-17-28(26)34-30)33-29(32)22-31(6)7;/h16-17,21,23-25H,8-15,18-20,22H2,1-7H3;/q;+1. The monoisotopic (exact) mass is 496 g/mol. The summed E-state index contributed by atoms with van der Waals surface area (Å²) in [5.74, 6) is 3.83. The van der Waals surface area contributed by atoms with Crippen molar-refractivity contribution in [2.24, 2.45) is 17.8 Å². The Morgan fingerprint density at radius 3 is 2.20 bits per heavy atom. The normalized spacial score (nSPS) is 19.0. The predicted octanol–water partition coefficient (Wildman–Crippen LogP) is 4.68. The van der Waals surface area contributed by atoms with Crippen LogP contribution < -0.4 is 39.0 Å². The Bertz CT molecular complexity index is 751. The van der Waals surface area contributed by atoms with Crippen LogP contribution in [0, 0.1) is 17.8 Å². The van der Waals surface area contributed by atoms with Crippen LogP contribution >= 0.6 is 0 Å². The van der Waals surface area contributed by atoms with E-state index in [0.717, 1.165) is 48.3 Å². The molecule has 0 saturated heterocycles. The molecule has 1 aromatic rings. The number of carbonyl (C=O) groups excluding carboxylic acids is 1. The zero-order valence-electron chi connectivity index (χ0n) is 24.1. The third-order valence-electron chi connectivity index (χ3n) is 7.26. The average Bonchev–Trinajstić information content (AvgIpc) is 2.73. The van der Waals surface area contributed by atoms with E-state index in [1.54, 1.807) is 0 Å². The van der Waals surface area contributed by atoms with Crippen LogP contribution in [-0.2, 0) is 11.2 Å². The Labute approximate surface area is 238 Å². The number of carbonyl (C=O) groups is 1. The molecule has 0 bridgehead atoms. The molecule has 0 spiro atoms. The van der Waals surface area contributed by atoms with E-state index in [1.165, 1.54) is 51.4 Å². The van der Waals surface area contributed by atoms with Gasteiger partial charge in [0.15, 0.2) is 0 Å². The van der Waals surface area contributed by atoms with Crippen LogP contribution in [0.2, 0.25) is 0 Å². The first-order valence-corrected chi connectivity index (χ1v) is 13.7. The Hall–Kier alpha value is -0.550. The summed E-state index contributed by atoms with van der Waals surface area (Å²) in [6.07, 6.45) is 13.8. The van der Waals surface area contributed by atoms with Crippen molar-refractivity contribution in [2.45, 2.75) is 111 Å². The summed E-state index contributed by atoms with van der Waals surface area (Å²) in [6, 6.07) is 5.79.